The van der Waals surface area contributed by atoms with Crippen molar-refractivity contribution in [2.24, 2.45) is 21.1 Å². The second kappa shape index (κ2) is 12.7. The Balaban J connectivity index is 0.000000148. The Morgan fingerprint density at radius 1 is 0.755 bits per heavy atom. The van der Waals surface area contributed by atoms with Crippen LogP contribution >= 0.6 is 0 Å². The van der Waals surface area contributed by atoms with Crippen molar-refractivity contribution in [2.45, 2.75) is 0 Å². The van der Waals surface area contributed by atoms with Crippen LogP contribution in [0.2, 0.25) is 0 Å². The number of aromatic nitrogens is 10. The molecule has 0 aliphatic rings. The summed E-state index contributed by atoms with van der Waals surface area (Å²) in [6.07, 6.45) is 25.4. The van der Waals surface area contributed by atoms with Crippen LogP contribution < -0.4 is 14.5 Å². The number of fused-ring (bicyclic) bond motifs is 6. The van der Waals surface area contributed by atoms with Crippen LogP contribution in [0.25, 0.3) is 77.9 Å². The Kier molecular flexibility index (Phi) is 8.38. The molecular weight excluding hydrogens is 983 g/mol. The van der Waals surface area contributed by atoms with Gasteiger partial charge in [-0.2, -0.15) is 0 Å². The molecule has 0 atom stereocenters. The van der Waals surface area contributed by atoms with Crippen LogP contribution in [0.5, 0.6) is 0 Å². The molecule has 2 aromatic carbocycles. The minimum atomic E-state index is 0. The van der Waals surface area contributed by atoms with Gasteiger partial charge in [-0.15, -0.1) is 22.7 Å². The van der Waals surface area contributed by atoms with E-state index >= 15 is 0 Å². The molecule has 10 aromatic rings. The summed E-state index contributed by atoms with van der Waals surface area (Å²) in [5, 5.41) is 4.08. The molecule has 0 saturated heterocycles. The number of nitrogens with zero attached hydrogens (tertiary/aromatic N) is 10. The Labute approximate surface area is 307 Å². The summed E-state index contributed by atoms with van der Waals surface area (Å²) in [5.74, 6) is 1.29. The molecule has 0 N–H and O–H groups in total. The third-order valence-corrected chi connectivity index (χ3v) is 8.09. The molecule has 0 saturated carbocycles. The van der Waals surface area contributed by atoms with Crippen molar-refractivity contribution in [3.8, 4) is 34.3 Å². The zero-order valence-corrected chi connectivity index (χ0v) is 30.6. The molecule has 49 heavy (non-hydrogen) atoms. The van der Waals surface area contributed by atoms with Gasteiger partial charge in [0.25, 0.3) is 0 Å². The van der Waals surface area contributed by atoms with E-state index in [4.69, 9.17) is 18.8 Å². The second-order valence-electron chi connectivity index (χ2n) is 11.3. The predicted octanol–water partition coefficient (Wildman–Crippen LogP) is 5.08. The smallest absolute Gasteiger partial charge is 0.660 e. The first-order valence-corrected chi connectivity index (χ1v) is 14.7. The van der Waals surface area contributed by atoms with E-state index in [1.54, 1.807) is 35.8 Å². The number of furan rings is 2. The van der Waals surface area contributed by atoms with Gasteiger partial charge in [-0.3, -0.25) is 4.57 Å². The monoisotopic (exact) mass is 1010 g/mol. The number of aryl methyl sites for hydroxylation is 3. The van der Waals surface area contributed by atoms with E-state index in [0.717, 1.165) is 66.1 Å². The van der Waals surface area contributed by atoms with Crippen LogP contribution in [-0.4, -0.2) is 33.2 Å². The largest absolute Gasteiger partial charge is 2.00 e. The summed E-state index contributed by atoms with van der Waals surface area (Å²) >= 11 is 0. The molecule has 0 unspecified atom stereocenters. The van der Waals surface area contributed by atoms with Crippen LogP contribution in [0, 0.1) is 19.0 Å². The van der Waals surface area contributed by atoms with Gasteiger partial charge in [0.05, 0.1) is 31.6 Å². The van der Waals surface area contributed by atoms with Gasteiger partial charge in [-0.05, 0) is 34.2 Å². The summed E-state index contributed by atoms with van der Waals surface area (Å²) in [6, 6.07) is 12.2. The van der Waals surface area contributed by atoms with Crippen LogP contribution in [0.4, 0.5) is 0 Å². The molecule has 0 amide bonds. The molecule has 0 fully saturated rings. The molecule has 0 bridgehead atoms. The van der Waals surface area contributed by atoms with Gasteiger partial charge >= 0.3 is 21.1 Å². The van der Waals surface area contributed by atoms with Crippen molar-refractivity contribution in [3.63, 3.8) is 0 Å². The van der Waals surface area contributed by atoms with Gasteiger partial charge in [0.15, 0.2) is 5.88 Å². The van der Waals surface area contributed by atoms with Gasteiger partial charge in [0.2, 0.25) is 6.33 Å². The zero-order valence-electron chi connectivity index (χ0n) is 26.1. The van der Waals surface area contributed by atoms with Crippen molar-refractivity contribution in [3.05, 3.63) is 111 Å². The van der Waals surface area contributed by atoms with E-state index in [9.17, 15) is 0 Å². The molecule has 0 spiro atoms. The maximum absolute atomic E-state index is 5.74. The van der Waals surface area contributed by atoms with Crippen molar-refractivity contribution < 1.29 is 55.5 Å². The fourth-order valence-electron chi connectivity index (χ4n) is 5.94. The first-order chi connectivity index (χ1) is 23.0. The Morgan fingerprint density at radius 2 is 1.41 bits per heavy atom. The minimum absolute atomic E-state index is 0. The first-order valence-electron chi connectivity index (χ1n) is 14.7. The first kappa shape index (κ1) is 32.4. The van der Waals surface area contributed by atoms with Crippen molar-refractivity contribution in [1.82, 2.24) is 43.2 Å². The number of imidazole rings is 4. The van der Waals surface area contributed by atoms with Gasteiger partial charge in [0, 0.05) is 59.4 Å². The standard InChI is InChI=1S/C18H13N5O.C17H11N5O.2Pt/c1-21-6-7-23(11-21)18-17-14(9-24-18)12-4-3-5-13(16(12)20-17)15-8-22(2)10-19-15;1-21-7-14(19-10-21)12-4-2-3-11-13-8-23-17(16(13)20-15(11)12)22-6-5-18-9-22;;/h3-9H,1-2H3;2-8,10H,1H3;;/q2*-2;;+2. The third-order valence-electron chi connectivity index (χ3n) is 8.09. The fraction of sp³-hybridized carbons (Fsp3) is 0.0857. The van der Waals surface area contributed by atoms with Crippen LogP contribution in [0.3, 0.4) is 0 Å². The minimum Gasteiger partial charge on any atom is -0.660 e. The number of benzene rings is 2. The average molecular weight is 1010 g/mol. The normalized spacial score (nSPS) is 11.2. The molecule has 0 radical (unpaired) electrons. The van der Waals surface area contributed by atoms with E-state index in [2.05, 4.69) is 40.0 Å². The van der Waals surface area contributed by atoms with Gasteiger partial charge < -0.3 is 47.0 Å². The third kappa shape index (κ3) is 5.41. The number of hydrogen-bond donors (Lipinski definition) is 0. The topological polar surface area (TPSA) is 117 Å². The van der Waals surface area contributed by atoms with Gasteiger partial charge in [-0.1, -0.05) is 65.6 Å². The molecule has 14 heteroatoms. The Morgan fingerprint density at radius 3 is 1.94 bits per heavy atom. The molecule has 8 heterocycles. The second-order valence-corrected chi connectivity index (χ2v) is 11.3. The molecule has 10 rings (SSSR count). The molecule has 248 valence electrons. The molecular formula is C35H24N10O2Pt2-2. The SMILES string of the molecule is Cn1[c-]nc(-c2cccc3c2[n-]c2c(-n4[c-][n+](C)cc4)occ23)c1.Cn1cnc(-c2cccc3c2[n-]c2c(-n4[c-]ncc4)occ23)c1.[Pt+2].[Pt]. The summed E-state index contributed by atoms with van der Waals surface area (Å²) in [5.41, 5.74) is 7.25. The quantitative estimate of drug-likeness (QED) is 0.179. The number of rotatable bonds is 4. The van der Waals surface area contributed by atoms with E-state index in [-0.39, 0.29) is 42.1 Å². The summed E-state index contributed by atoms with van der Waals surface area (Å²) < 4.78 is 20.5. The maximum Gasteiger partial charge on any atom is 2.00 e. The average Bonchev–Trinajstić information content (AvgIpc) is 3.91. The van der Waals surface area contributed by atoms with E-state index < -0.39 is 0 Å². The van der Waals surface area contributed by atoms with Gasteiger partial charge in [-0.25, -0.2) is 4.98 Å². The molecule has 0 aliphatic heterocycles. The van der Waals surface area contributed by atoms with Crippen LogP contribution in [0.15, 0.2) is 101 Å². The number of hydrogen-bond acceptors (Lipinski definition) is 5. The van der Waals surface area contributed by atoms with Crippen molar-refractivity contribution >= 4 is 43.6 Å². The van der Waals surface area contributed by atoms with Gasteiger partial charge in [0.1, 0.15) is 5.88 Å². The Hall–Kier alpha value is -5.18. The zero-order chi connectivity index (χ0) is 31.6. The summed E-state index contributed by atoms with van der Waals surface area (Å²) in [7, 11) is 5.78. The Bertz CT molecular complexity index is 2700. The maximum atomic E-state index is 5.74. The predicted molar refractivity (Wildman–Crippen MR) is 173 cm³/mol. The van der Waals surface area contributed by atoms with E-state index in [0.29, 0.717) is 11.8 Å². The summed E-state index contributed by atoms with van der Waals surface area (Å²) in [4.78, 5) is 22.4. The summed E-state index contributed by atoms with van der Waals surface area (Å²) in [6.45, 7) is 0. The molecule has 12 nitrogen and oxygen atoms in total. The number of para-hydroxylation sites is 2. The van der Waals surface area contributed by atoms with Crippen LogP contribution in [-0.2, 0) is 63.3 Å². The van der Waals surface area contributed by atoms with Crippen molar-refractivity contribution in [1.29, 1.82) is 0 Å². The van der Waals surface area contributed by atoms with Crippen molar-refractivity contribution in [2.75, 3.05) is 0 Å². The van der Waals surface area contributed by atoms with E-state index in [1.807, 2.05) is 94.5 Å². The van der Waals surface area contributed by atoms with Crippen LogP contribution in [0.1, 0.15) is 0 Å². The fourth-order valence-corrected chi connectivity index (χ4v) is 5.94. The molecule has 0 aliphatic carbocycles. The molecule has 8 aromatic heterocycles. The van der Waals surface area contributed by atoms with E-state index in [1.165, 1.54) is 0 Å².